The molecule has 2 aromatic heterocycles. The average molecular weight is 500 g/mol. The molecule has 2 aliphatic heterocycles. The lowest BCUT2D eigenvalue weighted by Gasteiger charge is -2.46. The van der Waals surface area contributed by atoms with Gasteiger partial charge in [-0.1, -0.05) is 54.3 Å². The predicted molar refractivity (Wildman–Crippen MR) is 130 cm³/mol. The Morgan fingerprint density at radius 2 is 1.97 bits per heavy atom. The van der Waals surface area contributed by atoms with Gasteiger partial charge in [-0.05, 0) is 24.3 Å². The molecule has 4 N–H and O–H groups in total. The molecule has 0 saturated carbocycles. The molecule has 4 atom stereocenters. The van der Waals surface area contributed by atoms with Crippen LogP contribution in [0.2, 0.25) is 0 Å². The van der Waals surface area contributed by atoms with Crippen LogP contribution < -0.4 is 10.3 Å². The van der Waals surface area contributed by atoms with Gasteiger partial charge in [0.1, 0.15) is 18.4 Å². The Morgan fingerprint density at radius 3 is 2.56 bits per heavy atom. The van der Waals surface area contributed by atoms with Crippen LogP contribution in [-0.2, 0) is 22.7 Å². The molecule has 0 unspecified atom stereocenters. The van der Waals surface area contributed by atoms with Crippen molar-refractivity contribution in [2.24, 2.45) is 17.6 Å². The third-order valence-corrected chi connectivity index (χ3v) is 8.94. The fourth-order valence-electron chi connectivity index (χ4n) is 5.25. The highest BCUT2D eigenvalue weighted by molar-refractivity contribution is 7.98. The smallest absolute Gasteiger partial charge is 0.352 e. The second-order valence-corrected chi connectivity index (χ2v) is 10.7. The van der Waals surface area contributed by atoms with Crippen molar-refractivity contribution in [3.05, 3.63) is 58.5 Å². The fraction of sp³-hybridized carbons (Fsp3) is 0.375. The van der Waals surface area contributed by atoms with Gasteiger partial charge >= 0.3 is 5.97 Å². The number of carboxylic acid groups (broad SMARTS) is 1. The van der Waals surface area contributed by atoms with Crippen molar-refractivity contribution in [1.29, 1.82) is 0 Å². The molecule has 34 heavy (non-hydrogen) atoms. The fourth-order valence-corrected chi connectivity index (χ4v) is 7.42. The van der Waals surface area contributed by atoms with E-state index in [1.807, 2.05) is 42.2 Å². The monoisotopic (exact) mass is 499 g/mol. The van der Waals surface area contributed by atoms with Gasteiger partial charge in [-0.25, -0.2) is 9.36 Å². The number of carboxylic acids is 1. The maximum absolute atomic E-state index is 12.7. The van der Waals surface area contributed by atoms with Crippen molar-refractivity contribution in [2.75, 3.05) is 6.26 Å². The summed E-state index contributed by atoms with van der Waals surface area (Å²) in [6, 6.07) is 7.92. The summed E-state index contributed by atoms with van der Waals surface area (Å²) in [6.07, 6.45) is 5.19. The van der Waals surface area contributed by atoms with E-state index >= 15 is 0 Å². The van der Waals surface area contributed by atoms with Crippen LogP contribution in [0.15, 0.2) is 47.5 Å². The highest BCUT2D eigenvalue weighted by Gasteiger charge is 2.60. The SMILES string of the molecule is CSc1c2sc(C3=C(C(=O)O)N4C(=O)[C@H]([C@@H](C)O)[C@@H]4[C@H]3C)cn2c[n+]1Cc1ccc(CN)cc1. The minimum atomic E-state index is -1.11. The minimum Gasteiger partial charge on any atom is -0.477 e. The number of aromatic nitrogens is 2. The highest BCUT2D eigenvalue weighted by Crippen LogP contribution is 2.51. The average Bonchev–Trinajstić information content (AvgIpc) is 3.41. The number of imidazole rings is 1. The van der Waals surface area contributed by atoms with Crippen molar-refractivity contribution in [3.8, 4) is 0 Å². The molecule has 8 nitrogen and oxygen atoms in total. The van der Waals surface area contributed by atoms with E-state index in [4.69, 9.17) is 5.73 Å². The Balaban J connectivity index is 1.53. The number of nitrogens with zero attached hydrogens (tertiary/aromatic N) is 3. The van der Waals surface area contributed by atoms with Gasteiger partial charge in [-0.2, -0.15) is 4.40 Å². The number of thioether (sulfide) groups is 1. The number of fused-ring (bicyclic) bond motifs is 2. The molecule has 2 aliphatic rings. The first-order valence-corrected chi connectivity index (χ1v) is 13.2. The van der Waals surface area contributed by atoms with Crippen LogP contribution in [0.3, 0.4) is 0 Å². The molecule has 1 aromatic carbocycles. The van der Waals surface area contributed by atoms with Crippen LogP contribution >= 0.6 is 23.1 Å². The lowest BCUT2D eigenvalue weighted by Crippen LogP contribution is -2.63. The summed E-state index contributed by atoms with van der Waals surface area (Å²) in [5.74, 6) is -2.17. The summed E-state index contributed by atoms with van der Waals surface area (Å²) in [5, 5.41) is 21.1. The summed E-state index contributed by atoms with van der Waals surface area (Å²) in [4.78, 5) is 28.1. The van der Waals surface area contributed by atoms with Gasteiger partial charge in [0, 0.05) is 18.0 Å². The van der Waals surface area contributed by atoms with E-state index in [-0.39, 0.29) is 23.6 Å². The molecule has 1 amide bonds. The number of aliphatic hydroxyl groups is 1. The Bertz CT molecular complexity index is 1320. The zero-order valence-corrected chi connectivity index (χ0v) is 20.8. The number of thiazole rings is 1. The number of rotatable bonds is 7. The summed E-state index contributed by atoms with van der Waals surface area (Å²) in [6.45, 7) is 4.77. The van der Waals surface area contributed by atoms with E-state index in [9.17, 15) is 19.8 Å². The van der Waals surface area contributed by atoms with Gasteiger partial charge in [-0.15, -0.1) is 0 Å². The van der Waals surface area contributed by atoms with Gasteiger partial charge in [0.05, 0.1) is 22.9 Å². The Labute approximate surface area is 205 Å². The number of β-lactam (4-membered cyclic amide) rings is 1. The van der Waals surface area contributed by atoms with Crippen molar-refractivity contribution < 1.29 is 24.4 Å². The summed E-state index contributed by atoms with van der Waals surface area (Å²) < 4.78 is 4.21. The Kier molecular flexibility index (Phi) is 5.79. The first kappa shape index (κ1) is 23.1. The van der Waals surface area contributed by atoms with Crippen LogP contribution in [-0.4, -0.2) is 49.8 Å². The molecule has 0 bridgehead atoms. The van der Waals surface area contributed by atoms with Gasteiger partial charge in [0.25, 0.3) is 6.33 Å². The van der Waals surface area contributed by atoms with E-state index < -0.39 is 18.0 Å². The summed E-state index contributed by atoms with van der Waals surface area (Å²) >= 11 is 3.18. The maximum atomic E-state index is 12.7. The molecule has 1 saturated heterocycles. The third-order valence-electron chi connectivity index (χ3n) is 6.85. The van der Waals surface area contributed by atoms with Crippen LogP contribution in [0.4, 0.5) is 0 Å². The van der Waals surface area contributed by atoms with Gasteiger partial charge < -0.3 is 20.8 Å². The number of hydrogen-bond donors (Lipinski definition) is 3. The maximum Gasteiger partial charge on any atom is 0.352 e. The summed E-state index contributed by atoms with van der Waals surface area (Å²) in [7, 11) is 0. The van der Waals surface area contributed by atoms with E-state index in [0.29, 0.717) is 18.7 Å². The zero-order valence-electron chi connectivity index (χ0n) is 19.1. The predicted octanol–water partition coefficient (Wildman–Crippen LogP) is 2.17. The van der Waals surface area contributed by atoms with E-state index in [1.54, 1.807) is 18.7 Å². The quantitative estimate of drug-likeness (QED) is 0.261. The summed E-state index contributed by atoms with van der Waals surface area (Å²) in [5.41, 5.74) is 8.68. The molecule has 1 fully saturated rings. The zero-order chi connectivity index (χ0) is 24.3. The van der Waals surface area contributed by atoms with E-state index in [0.717, 1.165) is 20.3 Å². The van der Waals surface area contributed by atoms with Crippen LogP contribution in [0.1, 0.15) is 29.9 Å². The molecular weight excluding hydrogens is 472 g/mol. The standard InChI is InChI=1S/C24H26N4O4S2/c1-12-17(20(24(31)32)28-19(12)18(13(2)29)21(28)30)16-10-27-11-26(22(33-3)23(27)34-16)9-15-6-4-14(8-25)5-7-15/h4-7,10-13,18-19,29H,8-9,25H2,1-3H3/p+1/t12-,13+,18+,19-/m0/s1. The number of benzene rings is 1. The molecule has 5 rings (SSSR count). The number of aliphatic carboxylic acids is 1. The van der Waals surface area contributed by atoms with E-state index in [2.05, 4.69) is 16.7 Å². The minimum absolute atomic E-state index is 0.0440. The molecule has 10 heteroatoms. The largest absolute Gasteiger partial charge is 0.477 e. The molecule has 3 aromatic rings. The number of nitrogens with two attached hydrogens (primary N) is 1. The molecule has 0 spiro atoms. The van der Waals surface area contributed by atoms with Gasteiger partial charge in [0.15, 0.2) is 0 Å². The Morgan fingerprint density at radius 1 is 1.29 bits per heavy atom. The normalized spacial score (nSPS) is 22.9. The topological polar surface area (TPSA) is 112 Å². The molecule has 178 valence electrons. The van der Waals surface area contributed by atoms with Crippen molar-refractivity contribution >= 4 is 45.4 Å². The lowest BCUT2D eigenvalue weighted by atomic mass is 9.77. The van der Waals surface area contributed by atoms with Crippen molar-refractivity contribution in [3.63, 3.8) is 0 Å². The van der Waals surface area contributed by atoms with Crippen molar-refractivity contribution in [1.82, 2.24) is 9.30 Å². The second-order valence-electron chi connectivity index (χ2n) is 8.90. The number of aliphatic hydroxyl groups excluding tert-OH is 1. The number of carbonyl (C=O) groups excluding carboxylic acids is 1. The molecule has 0 radical (unpaired) electrons. The molecule has 4 heterocycles. The Hall–Kier alpha value is -2.66. The third kappa shape index (κ3) is 3.39. The van der Waals surface area contributed by atoms with Crippen molar-refractivity contribution in [2.45, 2.75) is 44.1 Å². The van der Waals surface area contributed by atoms with Crippen LogP contribution in [0, 0.1) is 11.8 Å². The van der Waals surface area contributed by atoms with Gasteiger partial charge in [-0.3, -0.25) is 4.79 Å². The van der Waals surface area contributed by atoms with Crippen LogP contribution in [0.25, 0.3) is 10.4 Å². The van der Waals surface area contributed by atoms with Gasteiger partial charge in [0.2, 0.25) is 15.8 Å². The number of carbonyl (C=O) groups is 2. The van der Waals surface area contributed by atoms with Crippen LogP contribution in [0.5, 0.6) is 0 Å². The second kappa shape index (κ2) is 8.53. The lowest BCUT2D eigenvalue weighted by molar-refractivity contribution is -0.721. The molecular formula is C24H27N4O4S2+. The number of hydrogen-bond acceptors (Lipinski definition) is 6. The van der Waals surface area contributed by atoms with E-state index in [1.165, 1.54) is 21.8 Å². The highest BCUT2D eigenvalue weighted by atomic mass is 32.2. The number of amides is 1. The first-order valence-electron chi connectivity index (χ1n) is 11.1. The first-order chi connectivity index (χ1) is 16.3. The molecule has 0 aliphatic carbocycles.